The maximum atomic E-state index is 13.4. The third-order valence-electron chi connectivity index (χ3n) is 4.69. The number of ketones is 1. The molecule has 2 aromatic rings. The highest BCUT2D eigenvalue weighted by Gasteiger charge is 2.20. The quantitative estimate of drug-likeness (QED) is 0.406. The summed E-state index contributed by atoms with van der Waals surface area (Å²) >= 11 is 0. The molecule has 0 atom stereocenters. The van der Waals surface area contributed by atoms with E-state index < -0.39 is 0 Å². The molecule has 0 heterocycles. The van der Waals surface area contributed by atoms with Crippen molar-refractivity contribution in [1.82, 2.24) is 0 Å². The van der Waals surface area contributed by atoms with Crippen molar-refractivity contribution < 1.29 is 19.0 Å². The molecule has 2 aromatic carbocycles. The first-order chi connectivity index (χ1) is 13.7. The second-order valence-electron chi connectivity index (χ2n) is 7.20. The summed E-state index contributed by atoms with van der Waals surface area (Å²) in [5.41, 5.74) is 9.41. The number of hydrogen-bond donors (Lipinski definition) is 1. The number of carbonyl (C=O) groups is 1. The van der Waals surface area contributed by atoms with Gasteiger partial charge in [0.1, 0.15) is 5.75 Å². The van der Waals surface area contributed by atoms with Gasteiger partial charge in [-0.15, -0.1) is 0 Å². The van der Waals surface area contributed by atoms with Crippen molar-refractivity contribution >= 4 is 23.2 Å². The fourth-order valence-electron chi connectivity index (χ4n) is 3.09. The number of allylic oxidation sites excluding steroid dienone is 1. The van der Waals surface area contributed by atoms with Gasteiger partial charge in [-0.3, -0.25) is 4.79 Å². The molecular weight excluding hydrogens is 368 g/mol. The standard InChI is InChI=1S/C23H30N2O4/c1-14(2)18(22(26)15-8-9-19(24)20(12-15)25(3)4)11-16-10-17(27-5)13-21(28-6)23(16)29-7/h8-14H,24H2,1-7H3/b18-11+. The molecule has 0 saturated carbocycles. The predicted molar refractivity (Wildman–Crippen MR) is 118 cm³/mol. The molecule has 0 amide bonds. The zero-order valence-corrected chi connectivity index (χ0v) is 18.2. The summed E-state index contributed by atoms with van der Waals surface area (Å²) in [6, 6.07) is 8.90. The number of nitrogens with two attached hydrogens (primary N) is 1. The summed E-state index contributed by atoms with van der Waals surface area (Å²) in [5, 5.41) is 0. The molecule has 0 fully saturated rings. The molecule has 0 bridgehead atoms. The molecular formula is C23H30N2O4. The number of Topliss-reactive ketones (excluding diaryl/α,β-unsaturated/α-hetero) is 1. The fourth-order valence-corrected chi connectivity index (χ4v) is 3.09. The fraction of sp³-hybridized carbons (Fsp3) is 0.348. The molecule has 0 aliphatic rings. The number of nitrogens with zero attached hydrogens (tertiary/aromatic N) is 1. The molecule has 0 radical (unpaired) electrons. The van der Waals surface area contributed by atoms with Gasteiger partial charge in [-0.1, -0.05) is 13.8 Å². The van der Waals surface area contributed by atoms with E-state index in [1.807, 2.05) is 51.1 Å². The Labute approximate surface area is 172 Å². The number of nitrogen functional groups attached to an aromatic ring is 1. The lowest BCUT2D eigenvalue weighted by atomic mass is 9.91. The number of benzene rings is 2. The highest BCUT2D eigenvalue weighted by Crippen LogP contribution is 2.38. The van der Waals surface area contributed by atoms with Crippen molar-refractivity contribution in [3.8, 4) is 17.2 Å². The average Bonchev–Trinajstić information content (AvgIpc) is 2.70. The van der Waals surface area contributed by atoms with Crippen LogP contribution >= 0.6 is 0 Å². The van der Waals surface area contributed by atoms with E-state index >= 15 is 0 Å². The van der Waals surface area contributed by atoms with Crippen LogP contribution in [0, 0.1) is 5.92 Å². The second-order valence-corrected chi connectivity index (χ2v) is 7.20. The van der Waals surface area contributed by atoms with Gasteiger partial charge in [0.2, 0.25) is 0 Å². The summed E-state index contributed by atoms with van der Waals surface area (Å²) in [4.78, 5) is 15.2. The Morgan fingerprint density at radius 2 is 1.72 bits per heavy atom. The zero-order chi connectivity index (χ0) is 21.7. The molecule has 0 saturated heterocycles. The smallest absolute Gasteiger partial charge is 0.189 e. The van der Waals surface area contributed by atoms with Crippen LogP contribution in [0.2, 0.25) is 0 Å². The van der Waals surface area contributed by atoms with Gasteiger partial charge in [-0.25, -0.2) is 0 Å². The van der Waals surface area contributed by atoms with E-state index in [9.17, 15) is 4.79 Å². The van der Waals surface area contributed by atoms with E-state index in [4.69, 9.17) is 19.9 Å². The lowest BCUT2D eigenvalue weighted by Crippen LogP contribution is -2.14. The second kappa shape index (κ2) is 9.37. The van der Waals surface area contributed by atoms with Gasteiger partial charge in [-0.05, 0) is 36.3 Å². The van der Waals surface area contributed by atoms with Crippen molar-refractivity contribution in [2.24, 2.45) is 5.92 Å². The molecule has 2 rings (SSSR count). The number of ether oxygens (including phenoxy) is 3. The Balaban J connectivity index is 2.62. The van der Waals surface area contributed by atoms with E-state index in [1.54, 1.807) is 39.5 Å². The third kappa shape index (κ3) is 4.83. The minimum Gasteiger partial charge on any atom is -0.497 e. The number of carbonyl (C=O) groups excluding carboxylic acids is 1. The number of methoxy groups -OCH3 is 3. The highest BCUT2D eigenvalue weighted by atomic mass is 16.5. The third-order valence-corrected chi connectivity index (χ3v) is 4.69. The van der Waals surface area contributed by atoms with Crippen LogP contribution in [0.5, 0.6) is 17.2 Å². The van der Waals surface area contributed by atoms with Crippen LogP contribution in [0.3, 0.4) is 0 Å². The van der Waals surface area contributed by atoms with Crippen molar-refractivity contribution in [1.29, 1.82) is 0 Å². The monoisotopic (exact) mass is 398 g/mol. The maximum Gasteiger partial charge on any atom is 0.189 e. The molecule has 0 aromatic heterocycles. The summed E-state index contributed by atoms with van der Waals surface area (Å²) in [6.45, 7) is 3.97. The SMILES string of the molecule is COc1cc(/C=C(/C(=O)c2ccc(N)c(N(C)C)c2)C(C)C)c(OC)c(OC)c1. The Morgan fingerprint density at radius 1 is 1.03 bits per heavy atom. The normalized spacial score (nSPS) is 11.4. The van der Waals surface area contributed by atoms with E-state index in [2.05, 4.69) is 0 Å². The van der Waals surface area contributed by atoms with Crippen LogP contribution in [0.25, 0.3) is 6.08 Å². The lowest BCUT2D eigenvalue weighted by Gasteiger charge is -2.18. The molecule has 0 unspecified atom stereocenters. The van der Waals surface area contributed by atoms with Gasteiger partial charge in [-0.2, -0.15) is 0 Å². The maximum absolute atomic E-state index is 13.4. The van der Waals surface area contributed by atoms with Crippen molar-refractivity contribution in [3.63, 3.8) is 0 Å². The molecule has 0 spiro atoms. The van der Waals surface area contributed by atoms with Crippen LogP contribution in [0.1, 0.15) is 29.8 Å². The highest BCUT2D eigenvalue weighted by molar-refractivity contribution is 6.12. The molecule has 6 heteroatoms. The molecule has 0 aliphatic carbocycles. The molecule has 0 aliphatic heterocycles. The first-order valence-corrected chi connectivity index (χ1v) is 9.36. The molecule has 29 heavy (non-hydrogen) atoms. The largest absolute Gasteiger partial charge is 0.497 e. The lowest BCUT2D eigenvalue weighted by molar-refractivity contribution is 0.102. The summed E-state index contributed by atoms with van der Waals surface area (Å²) in [7, 11) is 8.51. The van der Waals surface area contributed by atoms with Gasteiger partial charge in [0.15, 0.2) is 17.3 Å². The Hall–Kier alpha value is -3.15. The Bertz CT molecular complexity index is 917. The summed E-state index contributed by atoms with van der Waals surface area (Å²) in [5.74, 6) is 1.63. The molecule has 156 valence electrons. The minimum absolute atomic E-state index is 0.00948. The summed E-state index contributed by atoms with van der Waals surface area (Å²) in [6.07, 6.45) is 1.84. The first-order valence-electron chi connectivity index (χ1n) is 9.36. The number of hydrogen-bond acceptors (Lipinski definition) is 6. The zero-order valence-electron chi connectivity index (χ0n) is 18.2. The van der Waals surface area contributed by atoms with Gasteiger partial charge >= 0.3 is 0 Å². The molecule has 2 N–H and O–H groups in total. The van der Waals surface area contributed by atoms with Crippen molar-refractivity contribution in [3.05, 3.63) is 47.0 Å². The van der Waals surface area contributed by atoms with Gasteiger partial charge in [0, 0.05) is 36.9 Å². The van der Waals surface area contributed by atoms with Crippen LogP contribution in [0.15, 0.2) is 35.9 Å². The van der Waals surface area contributed by atoms with Gasteiger partial charge in [0.05, 0.1) is 32.7 Å². The van der Waals surface area contributed by atoms with Crippen molar-refractivity contribution in [2.75, 3.05) is 46.1 Å². The molecule has 6 nitrogen and oxygen atoms in total. The minimum atomic E-state index is -0.0630. The number of anilines is 2. The van der Waals surface area contributed by atoms with Crippen LogP contribution in [-0.2, 0) is 0 Å². The van der Waals surface area contributed by atoms with E-state index in [1.165, 1.54) is 0 Å². The van der Waals surface area contributed by atoms with E-state index in [-0.39, 0.29) is 11.7 Å². The van der Waals surface area contributed by atoms with E-state index in [0.29, 0.717) is 39.6 Å². The summed E-state index contributed by atoms with van der Waals surface area (Å²) < 4.78 is 16.3. The first kappa shape index (κ1) is 22.1. The predicted octanol–water partition coefficient (Wildman–Crippen LogP) is 4.28. The Kier molecular flexibility index (Phi) is 7.15. The van der Waals surface area contributed by atoms with Crippen LogP contribution in [0.4, 0.5) is 11.4 Å². The Morgan fingerprint density at radius 3 is 2.24 bits per heavy atom. The number of rotatable bonds is 8. The van der Waals surface area contributed by atoms with Crippen LogP contribution < -0.4 is 24.8 Å². The van der Waals surface area contributed by atoms with E-state index in [0.717, 1.165) is 5.69 Å². The average molecular weight is 399 g/mol. The topological polar surface area (TPSA) is 74.0 Å². The van der Waals surface area contributed by atoms with Gasteiger partial charge < -0.3 is 24.8 Å². The van der Waals surface area contributed by atoms with Crippen LogP contribution in [-0.4, -0.2) is 41.2 Å². The van der Waals surface area contributed by atoms with Gasteiger partial charge in [0.25, 0.3) is 0 Å². The van der Waals surface area contributed by atoms with Crippen molar-refractivity contribution in [2.45, 2.75) is 13.8 Å².